The van der Waals surface area contributed by atoms with E-state index in [0.29, 0.717) is 5.78 Å². The number of allylic oxidation sites excluding steroid dienone is 3. The third kappa shape index (κ3) is 4.15. The Morgan fingerprint density at radius 2 is 1.74 bits per heavy atom. The number of hydrogen-bond donors (Lipinski definition) is 0. The van der Waals surface area contributed by atoms with Gasteiger partial charge in [-0.15, -0.1) is 0 Å². The molecule has 0 N–H and O–H groups in total. The van der Waals surface area contributed by atoms with E-state index >= 15 is 0 Å². The van der Waals surface area contributed by atoms with E-state index in [1.165, 1.54) is 18.4 Å². The van der Waals surface area contributed by atoms with Crippen LogP contribution < -0.4 is 0 Å². The van der Waals surface area contributed by atoms with Crippen LogP contribution >= 0.6 is 0 Å². The molecule has 0 amide bonds. The predicted octanol–water partition coefficient (Wildman–Crippen LogP) is 5.93. The van der Waals surface area contributed by atoms with E-state index in [-0.39, 0.29) is 23.5 Å². The second-order valence-electron chi connectivity index (χ2n) is 8.52. The van der Waals surface area contributed by atoms with Crippen LogP contribution in [-0.4, -0.2) is 11.6 Å². The lowest BCUT2D eigenvalue weighted by Gasteiger charge is -2.31. The summed E-state index contributed by atoms with van der Waals surface area (Å²) >= 11 is 0. The monoisotopic (exact) mass is 362 g/mol. The van der Waals surface area contributed by atoms with Gasteiger partial charge in [0.1, 0.15) is 5.78 Å². The molecule has 0 radical (unpaired) electrons. The number of benzene rings is 1. The summed E-state index contributed by atoms with van der Waals surface area (Å²) in [6.45, 7) is 0. The van der Waals surface area contributed by atoms with Gasteiger partial charge in [-0.3, -0.25) is 9.59 Å². The number of Topliss-reactive ketones (excluding diaryl/α,β-unsaturated/α-hetero) is 2. The lowest BCUT2D eigenvalue weighted by Crippen LogP contribution is -2.32. The summed E-state index contributed by atoms with van der Waals surface area (Å²) in [5, 5.41) is 0. The molecule has 2 heteroatoms. The molecule has 0 saturated heterocycles. The maximum absolute atomic E-state index is 13.1. The van der Waals surface area contributed by atoms with Crippen molar-refractivity contribution in [3.8, 4) is 0 Å². The van der Waals surface area contributed by atoms with Crippen molar-refractivity contribution >= 4 is 17.6 Å². The number of carbonyl (C=O) groups is 2. The number of ketones is 2. The van der Waals surface area contributed by atoms with Gasteiger partial charge in [0.2, 0.25) is 0 Å². The lowest BCUT2D eigenvalue weighted by atomic mass is 9.71. The van der Waals surface area contributed by atoms with Crippen LogP contribution in [0.1, 0.15) is 69.8 Å². The molecule has 3 aliphatic carbocycles. The summed E-state index contributed by atoms with van der Waals surface area (Å²) in [5.74, 6) is 1.01. The lowest BCUT2D eigenvalue weighted by molar-refractivity contribution is -0.129. The summed E-state index contributed by atoms with van der Waals surface area (Å²) < 4.78 is 0. The van der Waals surface area contributed by atoms with Crippen LogP contribution in [-0.2, 0) is 9.59 Å². The SMILES string of the molecule is O=C1C(=Cc2ccccc2)CC[C@H]1C[C@@H]1CCC[C@H](C2=CCCCC2)C1=O. The Balaban J connectivity index is 1.41. The van der Waals surface area contributed by atoms with Crippen molar-refractivity contribution in [1.29, 1.82) is 0 Å². The van der Waals surface area contributed by atoms with Crippen molar-refractivity contribution < 1.29 is 9.59 Å². The average Bonchev–Trinajstić information content (AvgIpc) is 3.04. The van der Waals surface area contributed by atoms with Crippen molar-refractivity contribution in [2.45, 2.75) is 64.2 Å². The number of carbonyl (C=O) groups excluding carboxylic acids is 2. The molecular weight excluding hydrogens is 332 g/mol. The fourth-order valence-electron chi connectivity index (χ4n) is 5.23. The van der Waals surface area contributed by atoms with E-state index in [4.69, 9.17) is 0 Å². The van der Waals surface area contributed by atoms with Gasteiger partial charge in [-0.25, -0.2) is 0 Å². The second kappa shape index (κ2) is 8.37. The maximum Gasteiger partial charge on any atom is 0.161 e. The van der Waals surface area contributed by atoms with E-state index in [2.05, 4.69) is 6.08 Å². The zero-order valence-corrected chi connectivity index (χ0v) is 16.2. The molecule has 0 spiro atoms. The molecule has 1 aromatic rings. The number of rotatable bonds is 4. The first-order valence-corrected chi connectivity index (χ1v) is 10.7. The molecule has 0 aromatic heterocycles. The molecule has 3 atom stereocenters. The predicted molar refractivity (Wildman–Crippen MR) is 109 cm³/mol. The standard InChI is InChI=1S/C25H30O2/c26-24-21(16-18-8-3-1-4-9-18)14-15-22(24)17-20-12-7-13-23(25(20)27)19-10-5-2-6-11-19/h1,3-4,8-10,16,20,22-23H,2,5-7,11-15,17H2/t20-,22-,23+/m0/s1. The molecule has 27 heavy (non-hydrogen) atoms. The Morgan fingerprint density at radius 1 is 0.889 bits per heavy atom. The van der Waals surface area contributed by atoms with Crippen LogP contribution in [0.25, 0.3) is 6.08 Å². The minimum atomic E-state index is 0.0491. The minimum absolute atomic E-state index is 0.0491. The molecule has 0 heterocycles. The van der Waals surface area contributed by atoms with E-state index in [1.807, 2.05) is 36.4 Å². The first-order valence-electron chi connectivity index (χ1n) is 10.7. The third-order valence-corrected chi connectivity index (χ3v) is 6.72. The zero-order chi connectivity index (χ0) is 18.6. The molecule has 2 nitrogen and oxygen atoms in total. The van der Waals surface area contributed by atoms with Gasteiger partial charge in [0.05, 0.1) is 0 Å². The molecule has 142 valence electrons. The highest BCUT2D eigenvalue weighted by Gasteiger charge is 2.38. The summed E-state index contributed by atoms with van der Waals surface area (Å²) in [5.41, 5.74) is 3.44. The third-order valence-electron chi connectivity index (χ3n) is 6.72. The van der Waals surface area contributed by atoms with Crippen LogP contribution in [0.4, 0.5) is 0 Å². The Bertz CT molecular complexity index is 756. The summed E-state index contributed by atoms with van der Waals surface area (Å²) in [7, 11) is 0. The van der Waals surface area contributed by atoms with Gasteiger partial charge in [0, 0.05) is 17.8 Å². The Kier molecular flexibility index (Phi) is 5.71. The smallest absolute Gasteiger partial charge is 0.161 e. The van der Waals surface area contributed by atoms with Gasteiger partial charge in [0.15, 0.2) is 5.78 Å². The molecular formula is C25H30O2. The molecule has 1 aromatic carbocycles. The van der Waals surface area contributed by atoms with Gasteiger partial charge < -0.3 is 0 Å². The molecule has 2 saturated carbocycles. The summed E-state index contributed by atoms with van der Waals surface area (Å²) in [6, 6.07) is 10.1. The van der Waals surface area contributed by atoms with Crippen molar-refractivity contribution in [1.82, 2.24) is 0 Å². The van der Waals surface area contributed by atoms with E-state index < -0.39 is 0 Å². The van der Waals surface area contributed by atoms with Gasteiger partial charge in [0.25, 0.3) is 0 Å². The van der Waals surface area contributed by atoms with Gasteiger partial charge in [-0.2, -0.15) is 0 Å². The van der Waals surface area contributed by atoms with Crippen molar-refractivity contribution in [2.24, 2.45) is 17.8 Å². The molecule has 2 fully saturated rings. The highest BCUT2D eigenvalue weighted by Crippen LogP contribution is 2.40. The summed E-state index contributed by atoms with van der Waals surface area (Å²) in [4.78, 5) is 26.0. The molecule has 0 unspecified atom stereocenters. The van der Waals surface area contributed by atoms with Gasteiger partial charge in [-0.05, 0) is 75.0 Å². The minimum Gasteiger partial charge on any atom is -0.299 e. The Hall–Kier alpha value is -1.96. The summed E-state index contributed by atoms with van der Waals surface area (Å²) in [6.07, 6.45) is 14.8. The largest absolute Gasteiger partial charge is 0.299 e. The first kappa shape index (κ1) is 18.4. The van der Waals surface area contributed by atoms with Gasteiger partial charge >= 0.3 is 0 Å². The molecule has 4 rings (SSSR count). The van der Waals surface area contributed by atoms with Crippen molar-refractivity contribution in [3.05, 3.63) is 53.1 Å². The highest BCUT2D eigenvalue weighted by atomic mass is 16.1. The van der Waals surface area contributed by atoms with E-state index in [0.717, 1.165) is 62.5 Å². The van der Waals surface area contributed by atoms with Crippen LogP contribution in [0.5, 0.6) is 0 Å². The fourth-order valence-corrected chi connectivity index (χ4v) is 5.23. The second-order valence-corrected chi connectivity index (χ2v) is 8.52. The molecule has 3 aliphatic rings. The zero-order valence-electron chi connectivity index (χ0n) is 16.2. The fraction of sp³-hybridized carbons (Fsp3) is 0.520. The topological polar surface area (TPSA) is 34.1 Å². The van der Waals surface area contributed by atoms with Crippen molar-refractivity contribution in [3.63, 3.8) is 0 Å². The Morgan fingerprint density at radius 3 is 2.52 bits per heavy atom. The van der Waals surface area contributed by atoms with E-state index in [1.54, 1.807) is 0 Å². The van der Waals surface area contributed by atoms with Crippen molar-refractivity contribution in [2.75, 3.05) is 0 Å². The average molecular weight is 363 g/mol. The Labute approximate surface area is 162 Å². The normalized spacial score (nSPS) is 30.6. The van der Waals surface area contributed by atoms with Crippen LogP contribution in [0.3, 0.4) is 0 Å². The number of hydrogen-bond acceptors (Lipinski definition) is 2. The van der Waals surface area contributed by atoms with Gasteiger partial charge in [-0.1, -0.05) is 48.4 Å². The van der Waals surface area contributed by atoms with E-state index in [9.17, 15) is 9.59 Å². The first-order chi connectivity index (χ1) is 13.2. The van der Waals surface area contributed by atoms with Crippen LogP contribution in [0.15, 0.2) is 47.6 Å². The van der Waals surface area contributed by atoms with Crippen LogP contribution in [0, 0.1) is 17.8 Å². The molecule has 0 bridgehead atoms. The maximum atomic E-state index is 13.1. The quantitative estimate of drug-likeness (QED) is 0.492. The molecule has 0 aliphatic heterocycles. The highest BCUT2D eigenvalue weighted by molar-refractivity contribution is 6.03. The van der Waals surface area contributed by atoms with Crippen LogP contribution in [0.2, 0.25) is 0 Å².